The van der Waals surface area contributed by atoms with Gasteiger partial charge in [-0.05, 0) is 31.2 Å². The molecule has 0 radical (unpaired) electrons. The average Bonchev–Trinajstić information content (AvgIpc) is 3.21. The van der Waals surface area contributed by atoms with Crippen LogP contribution in [-0.2, 0) is 14.3 Å². The quantitative estimate of drug-likeness (QED) is 0.450. The second-order valence-electron chi connectivity index (χ2n) is 6.07. The van der Waals surface area contributed by atoms with E-state index in [1.807, 2.05) is 6.07 Å². The van der Waals surface area contributed by atoms with Gasteiger partial charge < -0.3 is 18.8 Å². The fraction of sp³-hybridized carbons (Fsp3) is 0.286. The van der Waals surface area contributed by atoms with Crippen LogP contribution in [0.1, 0.15) is 23.0 Å². The zero-order chi connectivity index (χ0) is 19.9. The molecule has 1 aliphatic rings. The van der Waals surface area contributed by atoms with Gasteiger partial charge in [-0.3, -0.25) is 4.79 Å². The number of carbonyl (C=O) groups excluding carboxylic acids is 2. The van der Waals surface area contributed by atoms with Crippen LogP contribution in [0.3, 0.4) is 0 Å². The Morgan fingerprint density at radius 3 is 2.54 bits per heavy atom. The first-order valence-electron chi connectivity index (χ1n) is 8.98. The zero-order valence-electron chi connectivity index (χ0n) is 15.5. The van der Waals surface area contributed by atoms with Gasteiger partial charge in [0.15, 0.2) is 0 Å². The first-order valence-corrected chi connectivity index (χ1v) is 8.98. The van der Waals surface area contributed by atoms with Crippen LogP contribution in [0.25, 0.3) is 17.4 Å². The van der Waals surface area contributed by atoms with Crippen molar-refractivity contribution < 1.29 is 23.5 Å². The maximum absolute atomic E-state index is 12.5. The Bertz CT molecular complexity index is 915. The summed E-state index contributed by atoms with van der Waals surface area (Å²) in [5.74, 6) is 0.264. The van der Waals surface area contributed by atoms with Gasteiger partial charge in [0.25, 0.3) is 5.91 Å². The topological polar surface area (TPSA) is 92.8 Å². The molecule has 3 rings (SSSR count). The summed E-state index contributed by atoms with van der Waals surface area (Å²) in [5, 5.41) is 9.36. The van der Waals surface area contributed by atoms with Crippen LogP contribution in [0.2, 0.25) is 0 Å². The molecule has 0 atom stereocenters. The molecule has 1 fully saturated rings. The molecule has 0 spiro atoms. The molecular weight excluding hydrogens is 360 g/mol. The summed E-state index contributed by atoms with van der Waals surface area (Å²) in [5.41, 5.74) is 1.24. The SMILES string of the molecule is CCOC(=O)c1ccc(-c2ccc(C=C(C#N)C(=O)N3CCOCC3)o2)cc1. The Balaban J connectivity index is 1.75. The van der Waals surface area contributed by atoms with Gasteiger partial charge in [-0.1, -0.05) is 12.1 Å². The van der Waals surface area contributed by atoms with Crippen LogP contribution in [0.4, 0.5) is 0 Å². The maximum Gasteiger partial charge on any atom is 0.338 e. The van der Waals surface area contributed by atoms with Gasteiger partial charge in [0.05, 0.1) is 25.4 Å². The first kappa shape index (κ1) is 19.4. The van der Waals surface area contributed by atoms with Gasteiger partial charge in [0.1, 0.15) is 23.2 Å². The minimum Gasteiger partial charge on any atom is -0.462 e. The van der Waals surface area contributed by atoms with Crippen molar-refractivity contribution in [1.29, 1.82) is 5.26 Å². The normalized spacial score (nSPS) is 14.4. The summed E-state index contributed by atoms with van der Waals surface area (Å²) in [7, 11) is 0. The molecule has 1 aromatic carbocycles. The Labute approximate surface area is 162 Å². The lowest BCUT2D eigenvalue weighted by Crippen LogP contribution is -2.41. The third-order valence-corrected chi connectivity index (χ3v) is 4.24. The predicted octanol–water partition coefficient (Wildman–Crippen LogP) is 2.89. The van der Waals surface area contributed by atoms with E-state index < -0.39 is 0 Å². The highest BCUT2D eigenvalue weighted by atomic mass is 16.5. The van der Waals surface area contributed by atoms with Crippen molar-refractivity contribution in [3.63, 3.8) is 0 Å². The first-order chi connectivity index (χ1) is 13.6. The summed E-state index contributed by atoms with van der Waals surface area (Å²) in [6.07, 6.45) is 1.44. The molecule has 1 aliphatic heterocycles. The highest BCUT2D eigenvalue weighted by Gasteiger charge is 2.21. The van der Waals surface area contributed by atoms with Crippen molar-refractivity contribution >= 4 is 18.0 Å². The Hall–Kier alpha value is -3.37. The maximum atomic E-state index is 12.5. The van der Waals surface area contributed by atoms with Crippen molar-refractivity contribution in [1.82, 2.24) is 4.90 Å². The number of nitriles is 1. The highest BCUT2D eigenvalue weighted by molar-refractivity contribution is 6.01. The van der Waals surface area contributed by atoms with E-state index in [-0.39, 0.29) is 17.4 Å². The third kappa shape index (κ3) is 4.48. The van der Waals surface area contributed by atoms with Crippen molar-refractivity contribution in [2.75, 3.05) is 32.9 Å². The molecular formula is C21H20N2O5. The van der Waals surface area contributed by atoms with E-state index in [9.17, 15) is 14.9 Å². The molecule has 1 amide bonds. The van der Waals surface area contributed by atoms with E-state index in [1.54, 1.807) is 48.2 Å². The van der Waals surface area contributed by atoms with Gasteiger partial charge in [-0.2, -0.15) is 5.26 Å². The smallest absolute Gasteiger partial charge is 0.338 e. The molecule has 1 saturated heterocycles. The molecule has 0 aliphatic carbocycles. The van der Waals surface area contributed by atoms with Crippen molar-refractivity contribution in [2.24, 2.45) is 0 Å². The number of esters is 1. The molecule has 0 bridgehead atoms. The molecule has 7 nitrogen and oxygen atoms in total. The molecule has 0 unspecified atom stereocenters. The summed E-state index contributed by atoms with van der Waals surface area (Å²) >= 11 is 0. The second kappa shape index (κ2) is 9.02. The summed E-state index contributed by atoms with van der Waals surface area (Å²) < 4.78 is 15.9. The minimum absolute atomic E-state index is 0.0143. The van der Waals surface area contributed by atoms with E-state index in [1.165, 1.54) is 6.08 Å². The van der Waals surface area contributed by atoms with E-state index in [4.69, 9.17) is 13.9 Å². The van der Waals surface area contributed by atoms with E-state index in [0.29, 0.717) is 50.0 Å². The van der Waals surface area contributed by atoms with Crippen LogP contribution in [0.5, 0.6) is 0 Å². The van der Waals surface area contributed by atoms with Crippen LogP contribution in [-0.4, -0.2) is 49.7 Å². The van der Waals surface area contributed by atoms with Gasteiger partial charge in [0.2, 0.25) is 0 Å². The lowest BCUT2D eigenvalue weighted by molar-refractivity contribution is -0.130. The Morgan fingerprint density at radius 1 is 1.18 bits per heavy atom. The number of ether oxygens (including phenoxy) is 2. The van der Waals surface area contributed by atoms with Gasteiger partial charge in [0, 0.05) is 24.7 Å². The third-order valence-electron chi connectivity index (χ3n) is 4.24. The van der Waals surface area contributed by atoms with Crippen molar-refractivity contribution in [3.05, 3.63) is 53.3 Å². The number of amides is 1. The van der Waals surface area contributed by atoms with Crippen LogP contribution >= 0.6 is 0 Å². The molecule has 28 heavy (non-hydrogen) atoms. The largest absolute Gasteiger partial charge is 0.462 e. The van der Waals surface area contributed by atoms with Crippen LogP contribution in [0, 0.1) is 11.3 Å². The van der Waals surface area contributed by atoms with Crippen molar-refractivity contribution in [2.45, 2.75) is 6.92 Å². The van der Waals surface area contributed by atoms with Gasteiger partial charge >= 0.3 is 5.97 Å². The van der Waals surface area contributed by atoms with Crippen LogP contribution < -0.4 is 0 Å². The summed E-state index contributed by atoms with van der Waals surface area (Å²) in [4.78, 5) is 25.8. The number of carbonyl (C=O) groups is 2. The zero-order valence-corrected chi connectivity index (χ0v) is 15.5. The van der Waals surface area contributed by atoms with E-state index >= 15 is 0 Å². The van der Waals surface area contributed by atoms with Gasteiger partial charge in [-0.15, -0.1) is 0 Å². The fourth-order valence-corrected chi connectivity index (χ4v) is 2.79. The molecule has 2 aromatic rings. The number of furan rings is 1. The standard InChI is InChI=1S/C21H20N2O5/c1-2-27-21(25)16-5-3-15(4-6-16)19-8-7-18(28-19)13-17(14-22)20(24)23-9-11-26-12-10-23/h3-8,13H,2,9-12H2,1H3. The van der Waals surface area contributed by atoms with E-state index in [2.05, 4.69) is 0 Å². The number of hydrogen-bond acceptors (Lipinski definition) is 6. The Morgan fingerprint density at radius 2 is 1.89 bits per heavy atom. The number of rotatable bonds is 5. The highest BCUT2D eigenvalue weighted by Crippen LogP contribution is 2.24. The number of benzene rings is 1. The number of nitrogens with zero attached hydrogens (tertiary/aromatic N) is 2. The van der Waals surface area contributed by atoms with Crippen molar-refractivity contribution in [3.8, 4) is 17.4 Å². The molecule has 0 N–H and O–H groups in total. The summed E-state index contributed by atoms with van der Waals surface area (Å²) in [6.45, 7) is 3.94. The molecule has 7 heteroatoms. The number of hydrogen-bond donors (Lipinski definition) is 0. The second-order valence-corrected chi connectivity index (χ2v) is 6.07. The van der Waals surface area contributed by atoms with Gasteiger partial charge in [-0.25, -0.2) is 4.79 Å². The minimum atomic E-state index is -0.377. The number of morpholine rings is 1. The molecule has 0 saturated carbocycles. The molecule has 144 valence electrons. The molecule has 2 heterocycles. The Kier molecular flexibility index (Phi) is 6.25. The summed E-state index contributed by atoms with van der Waals surface area (Å²) in [6, 6.07) is 12.2. The predicted molar refractivity (Wildman–Crippen MR) is 101 cm³/mol. The fourth-order valence-electron chi connectivity index (χ4n) is 2.79. The monoisotopic (exact) mass is 380 g/mol. The lowest BCUT2D eigenvalue weighted by atomic mass is 10.1. The van der Waals surface area contributed by atoms with E-state index in [0.717, 1.165) is 5.56 Å². The molecule has 1 aromatic heterocycles. The van der Waals surface area contributed by atoms with Crippen LogP contribution in [0.15, 0.2) is 46.4 Å². The lowest BCUT2D eigenvalue weighted by Gasteiger charge is -2.26. The average molecular weight is 380 g/mol.